The van der Waals surface area contributed by atoms with Gasteiger partial charge in [0.15, 0.2) is 0 Å². The number of ether oxygens (including phenoxy) is 1. The molecule has 3 aromatic rings. The SMILES string of the molecule is Cc1cccc(Nc2nc(N[C@@H]3CCCN(S(=O)(=O)CCCC(=O)CCCCCCCCOc4cccc5c4C(=O)N(C4CCC(=O)NC4=O)C5=O)C3)ncc2Br)c1C(N)=O. The van der Waals surface area contributed by atoms with Crippen LogP contribution in [-0.4, -0.2) is 100 Å². The van der Waals surface area contributed by atoms with Crippen molar-refractivity contribution < 1.29 is 41.9 Å². The molecule has 2 saturated heterocycles. The van der Waals surface area contributed by atoms with Crippen LogP contribution in [0.15, 0.2) is 47.1 Å². The van der Waals surface area contributed by atoms with Crippen LogP contribution in [-0.2, 0) is 24.4 Å². The monoisotopic (exact) mass is 922 g/mol. The summed E-state index contributed by atoms with van der Waals surface area (Å²) in [5.74, 6) is -1.91. The zero-order chi connectivity index (χ0) is 43.7. The van der Waals surface area contributed by atoms with Crippen molar-refractivity contribution in [2.24, 2.45) is 5.73 Å². The first-order chi connectivity index (χ1) is 29.2. The van der Waals surface area contributed by atoms with Gasteiger partial charge in [-0.25, -0.2) is 13.4 Å². The minimum atomic E-state index is -3.59. The number of benzene rings is 2. The number of nitrogens with zero attached hydrogens (tertiary/aromatic N) is 4. The number of nitrogens with one attached hydrogen (secondary N) is 3. The van der Waals surface area contributed by atoms with E-state index >= 15 is 0 Å². The quantitative estimate of drug-likeness (QED) is 0.0799. The molecule has 0 aliphatic carbocycles. The maximum Gasteiger partial charge on any atom is 0.266 e. The normalized spacial score (nSPS) is 18.2. The fraction of sp³-hybridized carbons (Fsp3) is 0.476. The number of fused-ring (bicyclic) bond motifs is 1. The molecule has 1 aromatic heterocycles. The topological polar surface area (TPSA) is 240 Å². The number of carbonyl (C=O) groups is 6. The van der Waals surface area contributed by atoms with E-state index in [-0.39, 0.29) is 66.7 Å². The molecule has 2 atom stereocenters. The Bertz CT molecular complexity index is 2290. The van der Waals surface area contributed by atoms with E-state index in [1.54, 1.807) is 43.5 Å². The number of primary amides is 1. The van der Waals surface area contributed by atoms with Crippen molar-refractivity contribution in [3.63, 3.8) is 0 Å². The van der Waals surface area contributed by atoms with Gasteiger partial charge in [0.05, 0.1) is 39.2 Å². The van der Waals surface area contributed by atoms with Crippen molar-refractivity contribution in [2.45, 2.75) is 102 Å². The van der Waals surface area contributed by atoms with E-state index in [4.69, 9.17) is 10.5 Å². The molecule has 19 heteroatoms. The summed E-state index contributed by atoms with van der Waals surface area (Å²) in [7, 11) is -3.59. The molecule has 0 bridgehead atoms. The Hall–Kier alpha value is -5.27. The Morgan fingerprint density at radius 3 is 2.48 bits per heavy atom. The molecule has 326 valence electrons. The zero-order valence-electron chi connectivity index (χ0n) is 34.0. The van der Waals surface area contributed by atoms with Gasteiger partial charge in [-0.15, -0.1) is 0 Å². The molecular weight excluding hydrogens is 872 g/mol. The molecule has 4 heterocycles. The molecule has 1 unspecified atom stereocenters. The number of hydrogen-bond acceptors (Lipinski definition) is 13. The van der Waals surface area contributed by atoms with Gasteiger partial charge in [-0.2, -0.15) is 9.29 Å². The Labute approximate surface area is 363 Å². The third-order valence-electron chi connectivity index (χ3n) is 11.0. The van der Waals surface area contributed by atoms with E-state index in [0.29, 0.717) is 53.5 Å². The molecule has 17 nitrogen and oxygen atoms in total. The van der Waals surface area contributed by atoms with Crippen LogP contribution in [0.5, 0.6) is 5.75 Å². The smallest absolute Gasteiger partial charge is 0.266 e. The van der Waals surface area contributed by atoms with Crippen molar-refractivity contribution in [3.8, 4) is 5.75 Å². The van der Waals surface area contributed by atoms with Crippen LogP contribution in [0, 0.1) is 6.92 Å². The Kier molecular flexibility index (Phi) is 15.2. The van der Waals surface area contributed by atoms with Crippen molar-refractivity contribution in [2.75, 3.05) is 36.1 Å². The number of rotatable bonds is 21. The number of nitrogens with two attached hydrogens (primary N) is 1. The molecule has 61 heavy (non-hydrogen) atoms. The van der Waals surface area contributed by atoms with Gasteiger partial charge in [0.2, 0.25) is 27.8 Å². The molecule has 2 aromatic carbocycles. The van der Waals surface area contributed by atoms with Gasteiger partial charge in [0.1, 0.15) is 23.4 Å². The summed E-state index contributed by atoms with van der Waals surface area (Å²) >= 11 is 3.45. The maximum atomic E-state index is 13.3. The third-order valence-corrected chi connectivity index (χ3v) is 13.5. The van der Waals surface area contributed by atoms with Crippen LogP contribution in [0.2, 0.25) is 0 Å². The number of imide groups is 2. The maximum absolute atomic E-state index is 13.3. The number of unbranched alkanes of at least 4 members (excludes halogenated alkanes) is 5. The standard InChI is InChI=1S/C42H51BrN8O9S/c1-26-12-8-17-31(35(26)37(44)54)47-38-30(43)24-45-42(49-38)46-27-13-10-21-50(25-27)61(58,59)23-11-15-28(52)14-6-4-2-3-5-7-22-60-33-18-9-16-29-36(33)41(57)51(40(29)56)32-19-20-34(53)48-39(32)55/h8-9,12,16-18,24,27,32H,2-7,10-11,13-15,19-23,25H2,1H3,(H2,44,54)(H,48,53,55)(H2,45,46,47,49)/t27-,32?/m1/s1. The van der Waals surface area contributed by atoms with Crippen LogP contribution in [0.1, 0.15) is 120 Å². The van der Waals surface area contributed by atoms with Crippen LogP contribution in [0.4, 0.5) is 17.5 Å². The van der Waals surface area contributed by atoms with E-state index < -0.39 is 45.6 Å². The Balaban J connectivity index is 0.850. The lowest BCUT2D eigenvalue weighted by atomic mass is 10.0. The second kappa shape index (κ2) is 20.5. The van der Waals surface area contributed by atoms with E-state index in [1.165, 1.54) is 10.4 Å². The number of hydrogen-bond donors (Lipinski definition) is 4. The number of aromatic nitrogens is 2. The highest BCUT2D eigenvalue weighted by Gasteiger charge is 2.46. The first-order valence-electron chi connectivity index (χ1n) is 20.7. The third kappa shape index (κ3) is 11.4. The van der Waals surface area contributed by atoms with Crippen molar-refractivity contribution in [1.29, 1.82) is 0 Å². The van der Waals surface area contributed by atoms with Crippen molar-refractivity contribution >= 4 is 78.7 Å². The number of piperidine rings is 2. The van der Waals surface area contributed by atoms with Gasteiger partial charge in [-0.1, -0.05) is 43.9 Å². The summed E-state index contributed by atoms with van der Waals surface area (Å²) in [5.41, 5.74) is 7.49. The number of sulfonamides is 1. The van der Waals surface area contributed by atoms with Crippen LogP contribution < -0.4 is 26.4 Å². The predicted octanol–water partition coefficient (Wildman–Crippen LogP) is 5.16. The molecular formula is C42H51BrN8O9S. The van der Waals surface area contributed by atoms with Crippen molar-refractivity contribution in [1.82, 2.24) is 24.5 Å². The lowest BCUT2D eigenvalue weighted by molar-refractivity contribution is -0.136. The highest BCUT2D eigenvalue weighted by molar-refractivity contribution is 9.10. The minimum Gasteiger partial charge on any atom is -0.493 e. The summed E-state index contributed by atoms with van der Waals surface area (Å²) in [6.07, 6.45) is 8.95. The average Bonchev–Trinajstić information content (AvgIpc) is 3.47. The lowest BCUT2D eigenvalue weighted by Gasteiger charge is -2.32. The molecule has 3 aliphatic rings. The fourth-order valence-corrected chi connectivity index (χ4v) is 9.74. The van der Waals surface area contributed by atoms with E-state index in [2.05, 4.69) is 41.8 Å². The molecule has 0 spiro atoms. The second-order valence-electron chi connectivity index (χ2n) is 15.5. The highest BCUT2D eigenvalue weighted by atomic mass is 79.9. The van der Waals surface area contributed by atoms with Crippen LogP contribution in [0.25, 0.3) is 0 Å². The molecule has 0 radical (unpaired) electrons. The van der Waals surface area contributed by atoms with Gasteiger partial charge in [-0.05, 0) is 85.1 Å². The summed E-state index contributed by atoms with van der Waals surface area (Å²) < 4.78 is 34.5. The minimum absolute atomic E-state index is 0.0451. The number of aryl methyl sites for hydroxylation is 1. The molecule has 3 aliphatic heterocycles. The average molecular weight is 924 g/mol. The zero-order valence-corrected chi connectivity index (χ0v) is 36.4. The Morgan fingerprint density at radius 2 is 1.70 bits per heavy atom. The van der Waals surface area contributed by atoms with Gasteiger partial charge < -0.3 is 21.1 Å². The lowest BCUT2D eigenvalue weighted by Crippen LogP contribution is -2.54. The van der Waals surface area contributed by atoms with E-state index in [1.807, 2.05) is 0 Å². The van der Waals surface area contributed by atoms with E-state index in [9.17, 15) is 37.2 Å². The number of halogens is 1. The highest BCUT2D eigenvalue weighted by Crippen LogP contribution is 2.34. The van der Waals surface area contributed by atoms with Gasteiger partial charge in [0, 0.05) is 44.6 Å². The van der Waals surface area contributed by atoms with E-state index in [0.717, 1.165) is 55.4 Å². The number of anilines is 3. The largest absolute Gasteiger partial charge is 0.493 e. The molecule has 6 rings (SSSR count). The van der Waals surface area contributed by atoms with Gasteiger partial charge in [-0.3, -0.25) is 39.0 Å². The first-order valence-corrected chi connectivity index (χ1v) is 23.1. The summed E-state index contributed by atoms with van der Waals surface area (Å²) in [4.78, 5) is 84.7. The molecule has 5 amide bonds. The summed E-state index contributed by atoms with van der Waals surface area (Å²) in [6.45, 7) is 2.77. The fourth-order valence-electron chi connectivity index (χ4n) is 7.87. The molecule has 2 fully saturated rings. The predicted molar refractivity (Wildman–Crippen MR) is 230 cm³/mol. The summed E-state index contributed by atoms with van der Waals surface area (Å²) in [5, 5.41) is 8.60. The Morgan fingerprint density at radius 1 is 0.967 bits per heavy atom. The van der Waals surface area contributed by atoms with Gasteiger partial charge in [0.25, 0.3) is 17.7 Å². The second-order valence-corrected chi connectivity index (χ2v) is 18.5. The number of amides is 5. The van der Waals surface area contributed by atoms with Gasteiger partial charge >= 0.3 is 0 Å². The molecule has 5 N–H and O–H groups in total. The number of carbonyl (C=O) groups excluding carboxylic acids is 6. The van der Waals surface area contributed by atoms with Crippen molar-refractivity contribution in [3.05, 3.63) is 69.3 Å². The summed E-state index contributed by atoms with van der Waals surface area (Å²) in [6, 6.07) is 8.84. The van der Waals surface area contributed by atoms with Crippen LogP contribution >= 0.6 is 15.9 Å². The van der Waals surface area contributed by atoms with Crippen LogP contribution in [0.3, 0.4) is 0 Å². The number of Topliss-reactive ketones (excluding diaryl/α,β-unsaturated/α-hetero) is 1. The number of ketones is 1. The molecule has 0 saturated carbocycles. The first kappa shape index (κ1) is 45.3.